The van der Waals surface area contributed by atoms with Crippen LogP contribution in [-0.2, 0) is 0 Å². The molecular weight excluding hydrogens is 817 g/mol. The van der Waals surface area contributed by atoms with Gasteiger partial charge in [-0.3, -0.25) is 0 Å². The Kier molecular flexibility index (Phi) is 8.49. The molecule has 1 aliphatic heterocycles. The van der Waals surface area contributed by atoms with Crippen molar-refractivity contribution in [3.05, 3.63) is 217 Å². The van der Waals surface area contributed by atoms with Crippen molar-refractivity contribution in [2.24, 2.45) is 0 Å². The summed E-state index contributed by atoms with van der Waals surface area (Å²) in [6, 6.07) is 76.0. The van der Waals surface area contributed by atoms with Crippen molar-refractivity contribution < 1.29 is 4.42 Å². The number of benzene rings is 11. The van der Waals surface area contributed by atoms with Crippen LogP contribution in [0.3, 0.4) is 0 Å². The van der Waals surface area contributed by atoms with Gasteiger partial charge in [0, 0.05) is 38.5 Å². The van der Waals surface area contributed by atoms with Gasteiger partial charge in [-0.25, -0.2) is 0 Å². The van der Waals surface area contributed by atoms with Crippen molar-refractivity contribution in [3.63, 3.8) is 0 Å². The fourth-order valence-electron chi connectivity index (χ4n) is 11.5. The molecule has 12 aromatic rings. The molecule has 0 unspecified atom stereocenters. The third-order valence-corrected chi connectivity index (χ3v) is 18.0. The predicted molar refractivity (Wildman–Crippen MR) is 284 cm³/mol. The van der Waals surface area contributed by atoms with Crippen LogP contribution in [0.2, 0.25) is 13.1 Å². The summed E-state index contributed by atoms with van der Waals surface area (Å²) in [4.78, 5) is 5.03. The van der Waals surface area contributed by atoms with Crippen LogP contribution in [0, 0.1) is 13.8 Å². The maximum absolute atomic E-state index is 6.87. The van der Waals surface area contributed by atoms with Crippen molar-refractivity contribution in [3.8, 4) is 22.3 Å². The number of anilines is 6. The van der Waals surface area contributed by atoms with Crippen molar-refractivity contribution >= 4 is 107 Å². The van der Waals surface area contributed by atoms with Gasteiger partial charge >= 0.3 is 0 Å². The van der Waals surface area contributed by atoms with Crippen LogP contribution in [0.5, 0.6) is 0 Å². The number of nitrogens with zero attached hydrogens (tertiary/aromatic N) is 2. The Morgan fingerprint density at radius 3 is 1.65 bits per heavy atom. The molecule has 66 heavy (non-hydrogen) atoms. The van der Waals surface area contributed by atoms with Gasteiger partial charge in [0.15, 0.2) is 5.58 Å². The average Bonchev–Trinajstić information content (AvgIpc) is 3.86. The summed E-state index contributed by atoms with van der Waals surface area (Å²) in [5.41, 5.74) is 16.1. The number of para-hydroxylation sites is 4. The lowest BCUT2D eigenvalue weighted by atomic mass is 9.88. The fraction of sp³-hybridized carbons (Fsp3) is 0.0645. The van der Waals surface area contributed by atoms with E-state index in [9.17, 15) is 0 Å². The van der Waals surface area contributed by atoms with E-state index in [0.717, 1.165) is 55.8 Å². The fourth-order valence-corrected chi connectivity index (χ4v) is 14.9. The molecule has 0 radical (unpaired) electrons. The van der Waals surface area contributed by atoms with Gasteiger partial charge in [0.2, 0.25) is 0 Å². The van der Waals surface area contributed by atoms with E-state index in [1.54, 1.807) is 0 Å². The quantitative estimate of drug-likeness (QED) is 0.118. The van der Waals surface area contributed by atoms with E-state index in [-0.39, 0.29) is 0 Å². The van der Waals surface area contributed by atoms with Gasteiger partial charge < -0.3 is 14.2 Å². The highest BCUT2D eigenvalue weighted by Crippen LogP contribution is 2.52. The molecule has 0 N–H and O–H groups in total. The number of fused-ring (bicyclic) bond motifs is 6. The van der Waals surface area contributed by atoms with Crippen LogP contribution in [0.25, 0.3) is 76.5 Å². The Labute approximate surface area is 385 Å². The van der Waals surface area contributed by atoms with Gasteiger partial charge in [-0.1, -0.05) is 171 Å². The lowest BCUT2D eigenvalue weighted by Gasteiger charge is -2.33. The molecule has 13 rings (SSSR count). The maximum Gasteiger partial charge on any atom is 0.159 e. The molecule has 3 nitrogen and oxygen atoms in total. The van der Waals surface area contributed by atoms with E-state index >= 15 is 0 Å². The molecular formula is C62H46N2OSi. The average molecular weight is 863 g/mol. The highest BCUT2D eigenvalue weighted by molar-refractivity contribution is 7.04. The van der Waals surface area contributed by atoms with Crippen molar-refractivity contribution in [1.29, 1.82) is 0 Å². The van der Waals surface area contributed by atoms with Gasteiger partial charge in [0.1, 0.15) is 13.7 Å². The monoisotopic (exact) mass is 862 g/mol. The summed E-state index contributed by atoms with van der Waals surface area (Å²) in [5.74, 6) is 0. The molecule has 0 aliphatic carbocycles. The molecule has 0 saturated heterocycles. The normalized spacial score (nSPS) is 13.0. The van der Waals surface area contributed by atoms with Crippen LogP contribution in [0.1, 0.15) is 11.1 Å². The second kappa shape index (κ2) is 14.5. The molecule has 0 bridgehead atoms. The van der Waals surface area contributed by atoms with E-state index in [2.05, 4.69) is 243 Å². The highest BCUT2D eigenvalue weighted by atomic mass is 28.3. The lowest BCUT2D eigenvalue weighted by Crippen LogP contribution is -2.50. The minimum absolute atomic E-state index is 0.866. The standard InChI is InChI=1S/C62H46N2OSi/c1-39-37-55(63(42-21-9-6-10-22-42)54-30-18-27-49-47-25-13-16-32-58(47)66(3,4)62(49)54)50-35-33-44-40(2)38-56(51-36-34-43(39)59(50)60(44)51)64(52-28-14-11-23-45(52)41-19-7-5-8-20-41)53-29-17-26-48-46-24-12-15-31-57(46)65-61(48)53/h5-38H,1-4H3. The van der Waals surface area contributed by atoms with Crippen LogP contribution in [-0.4, -0.2) is 8.07 Å². The number of rotatable bonds is 7. The zero-order valence-electron chi connectivity index (χ0n) is 37.4. The minimum Gasteiger partial charge on any atom is -0.454 e. The third kappa shape index (κ3) is 5.55. The highest BCUT2D eigenvalue weighted by Gasteiger charge is 2.41. The van der Waals surface area contributed by atoms with Crippen LogP contribution >= 0.6 is 0 Å². The Balaban J connectivity index is 1.12. The van der Waals surface area contributed by atoms with Crippen LogP contribution in [0.4, 0.5) is 34.1 Å². The van der Waals surface area contributed by atoms with Gasteiger partial charge in [-0.15, -0.1) is 0 Å². The van der Waals surface area contributed by atoms with Crippen molar-refractivity contribution in [2.75, 3.05) is 9.80 Å². The lowest BCUT2D eigenvalue weighted by molar-refractivity contribution is 0.669. The van der Waals surface area contributed by atoms with Gasteiger partial charge in [0.05, 0.1) is 22.7 Å². The topological polar surface area (TPSA) is 19.6 Å². The van der Waals surface area contributed by atoms with Crippen LogP contribution in [0.15, 0.2) is 211 Å². The first-order valence-electron chi connectivity index (χ1n) is 23.0. The zero-order chi connectivity index (χ0) is 44.3. The van der Waals surface area contributed by atoms with Crippen molar-refractivity contribution in [2.45, 2.75) is 26.9 Å². The molecule has 314 valence electrons. The molecule has 0 fully saturated rings. The SMILES string of the molecule is Cc1cc(N(c2ccccc2)c2cccc3c2[Si](C)(C)c2ccccc2-3)c2ccc3c(C)cc(N(c4ccccc4-c4ccccc4)c4cccc5c4oc4ccccc45)c4ccc1c2c34. The van der Waals surface area contributed by atoms with E-state index in [4.69, 9.17) is 4.42 Å². The number of furan rings is 1. The third-order valence-electron chi connectivity index (χ3n) is 14.4. The van der Waals surface area contributed by atoms with E-state index in [1.165, 1.54) is 76.3 Å². The molecule has 1 aromatic heterocycles. The molecule has 1 aliphatic rings. The zero-order valence-corrected chi connectivity index (χ0v) is 38.4. The molecule has 11 aromatic carbocycles. The number of hydrogen-bond acceptors (Lipinski definition) is 3. The Bertz CT molecular complexity index is 3890. The minimum atomic E-state index is -2.11. The first-order chi connectivity index (χ1) is 32.4. The van der Waals surface area contributed by atoms with Gasteiger partial charge in [-0.05, 0) is 122 Å². The van der Waals surface area contributed by atoms with E-state index in [1.807, 2.05) is 0 Å². The summed E-state index contributed by atoms with van der Waals surface area (Å²) in [6.07, 6.45) is 0. The first kappa shape index (κ1) is 38.5. The first-order valence-corrected chi connectivity index (χ1v) is 26.0. The van der Waals surface area contributed by atoms with E-state index in [0.29, 0.717) is 0 Å². The van der Waals surface area contributed by atoms with Crippen molar-refractivity contribution in [1.82, 2.24) is 0 Å². The summed E-state index contributed by atoms with van der Waals surface area (Å²) < 4.78 is 6.87. The molecule has 4 heteroatoms. The molecule has 0 spiro atoms. The smallest absolute Gasteiger partial charge is 0.159 e. The maximum atomic E-state index is 6.87. The van der Waals surface area contributed by atoms with Gasteiger partial charge in [-0.2, -0.15) is 0 Å². The Morgan fingerprint density at radius 1 is 0.379 bits per heavy atom. The summed E-state index contributed by atoms with van der Waals surface area (Å²) in [5, 5.41) is 12.7. The summed E-state index contributed by atoms with van der Waals surface area (Å²) in [6.45, 7) is 9.62. The summed E-state index contributed by atoms with van der Waals surface area (Å²) >= 11 is 0. The van der Waals surface area contributed by atoms with E-state index < -0.39 is 8.07 Å². The second-order valence-electron chi connectivity index (χ2n) is 18.5. The molecule has 0 saturated carbocycles. The molecule has 2 heterocycles. The second-order valence-corrected chi connectivity index (χ2v) is 22.8. The predicted octanol–water partition coefficient (Wildman–Crippen LogP) is 16.5. The summed E-state index contributed by atoms with van der Waals surface area (Å²) in [7, 11) is -2.11. The largest absolute Gasteiger partial charge is 0.454 e. The van der Waals surface area contributed by atoms with Gasteiger partial charge in [0.25, 0.3) is 0 Å². The van der Waals surface area contributed by atoms with Crippen LogP contribution < -0.4 is 20.2 Å². The Hall–Kier alpha value is -7.92. The number of aryl methyl sites for hydroxylation is 2. The number of hydrogen-bond donors (Lipinski definition) is 0. The molecule has 0 atom stereocenters. The molecule has 0 amide bonds. The Morgan fingerprint density at radius 2 is 0.909 bits per heavy atom.